The van der Waals surface area contributed by atoms with Gasteiger partial charge < -0.3 is 10.6 Å². The van der Waals surface area contributed by atoms with Crippen LogP contribution in [-0.4, -0.2) is 20.1 Å². The summed E-state index contributed by atoms with van der Waals surface area (Å²) in [6.07, 6.45) is 1.26. The van der Waals surface area contributed by atoms with Crippen LogP contribution >= 0.6 is 0 Å². The largest absolute Gasteiger partial charge is 0.378 e. The van der Waals surface area contributed by atoms with Gasteiger partial charge in [0.05, 0.1) is 0 Å². The minimum Gasteiger partial charge on any atom is -0.378 e. The van der Waals surface area contributed by atoms with E-state index in [0.29, 0.717) is 17.9 Å². The highest BCUT2D eigenvalue weighted by Crippen LogP contribution is 2.49. The van der Waals surface area contributed by atoms with Crippen LogP contribution in [0.15, 0.2) is 24.3 Å². The molecule has 0 bridgehead atoms. The third kappa shape index (κ3) is 2.15. The predicted octanol–water partition coefficient (Wildman–Crippen LogP) is 2.20. The Hall–Kier alpha value is -1.02. The first-order valence-electron chi connectivity index (χ1n) is 5.62. The molecule has 2 rings (SSSR count). The van der Waals surface area contributed by atoms with Crippen molar-refractivity contribution < 1.29 is 0 Å². The molecule has 0 amide bonds. The molecule has 1 fully saturated rings. The van der Waals surface area contributed by atoms with Crippen LogP contribution in [0.1, 0.15) is 24.8 Å². The number of benzene rings is 1. The minimum absolute atomic E-state index is 0.337. The van der Waals surface area contributed by atoms with E-state index in [1.165, 1.54) is 17.7 Å². The van der Waals surface area contributed by atoms with E-state index in [1.54, 1.807) is 0 Å². The average Bonchev–Trinajstić information content (AvgIpc) is 2.97. The standard InChI is InChI=1S/C13H20N2/c1-9(14)12-8-13(12)10-4-6-11(7-5-10)15(2)3/h4-7,9,12-13H,8,14H2,1-3H3/t9-,12+,13-/m0/s1. The number of rotatable bonds is 3. The van der Waals surface area contributed by atoms with E-state index >= 15 is 0 Å². The summed E-state index contributed by atoms with van der Waals surface area (Å²) in [6, 6.07) is 9.19. The van der Waals surface area contributed by atoms with Crippen molar-refractivity contribution >= 4 is 5.69 Å². The molecule has 15 heavy (non-hydrogen) atoms. The van der Waals surface area contributed by atoms with Gasteiger partial charge in [-0.2, -0.15) is 0 Å². The number of nitrogens with two attached hydrogens (primary N) is 1. The molecule has 1 aromatic carbocycles. The molecule has 0 heterocycles. The molecule has 0 spiro atoms. The third-order valence-corrected chi connectivity index (χ3v) is 3.35. The number of anilines is 1. The summed E-state index contributed by atoms with van der Waals surface area (Å²) in [5.74, 6) is 1.41. The second kappa shape index (κ2) is 3.86. The zero-order valence-corrected chi connectivity index (χ0v) is 9.77. The van der Waals surface area contributed by atoms with Crippen LogP contribution in [-0.2, 0) is 0 Å². The van der Waals surface area contributed by atoms with Crippen LogP contribution in [0.25, 0.3) is 0 Å². The SMILES string of the molecule is C[C@H](N)[C@H]1C[C@H]1c1ccc(N(C)C)cc1. The van der Waals surface area contributed by atoms with Crippen molar-refractivity contribution in [2.24, 2.45) is 11.7 Å². The van der Waals surface area contributed by atoms with Crippen LogP contribution in [0.3, 0.4) is 0 Å². The van der Waals surface area contributed by atoms with Crippen molar-refractivity contribution in [3.63, 3.8) is 0 Å². The van der Waals surface area contributed by atoms with Gasteiger partial charge in [-0.25, -0.2) is 0 Å². The number of hydrogen-bond donors (Lipinski definition) is 1. The summed E-state index contributed by atoms with van der Waals surface area (Å²) in [6.45, 7) is 2.11. The van der Waals surface area contributed by atoms with E-state index in [1.807, 2.05) is 0 Å². The fraction of sp³-hybridized carbons (Fsp3) is 0.538. The van der Waals surface area contributed by atoms with E-state index in [-0.39, 0.29) is 0 Å². The van der Waals surface area contributed by atoms with Gasteiger partial charge in [0.1, 0.15) is 0 Å². The minimum atomic E-state index is 0.337. The molecular formula is C13H20N2. The Morgan fingerprint density at radius 1 is 1.27 bits per heavy atom. The summed E-state index contributed by atoms with van der Waals surface area (Å²) in [4.78, 5) is 2.12. The molecule has 1 aromatic rings. The second-order valence-electron chi connectivity index (χ2n) is 4.85. The van der Waals surface area contributed by atoms with Gasteiger partial charge in [0.2, 0.25) is 0 Å². The molecule has 2 nitrogen and oxygen atoms in total. The van der Waals surface area contributed by atoms with Gasteiger partial charge in [-0.3, -0.25) is 0 Å². The Kier molecular flexibility index (Phi) is 2.70. The zero-order valence-electron chi connectivity index (χ0n) is 9.77. The summed E-state index contributed by atoms with van der Waals surface area (Å²) >= 11 is 0. The maximum atomic E-state index is 5.90. The maximum absolute atomic E-state index is 5.90. The molecule has 3 atom stereocenters. The van der Waals surface area contributed by atoms with E-state index < -0.39 is 0 Å². The Balaban J connectivity index is 2.06. The lowest BCUT2D eigenvalue weighted by atomic mass is 10.1. The van der Waals surface area contributed by atoms with E-state index in [0.717, 1.165) is 0 Å². The Morgan fingerprint density at radius 2 is 1.87 bits per heavy atom. The lowest BCUT2D eigenvalue weighted by Crippen LogP contribution is -2.17. The van der Waals surface area contributed by atoms with Crippen LogP contribution in [0, 0.1) is 5.92 Å². The van der Waals surface area contributed by atoms with Crippen molar-refractivity contribution in [1.29, 1.82) is 0 Å². The molecule has 1 aliphatic carbocycles. The summed E-state index contributed by atoms with van der Waals surface area (Å²) in [7, 11) is 4.13. The average molecular weight is 204 g/mol. The number of nitrogens with zero attached hydrogens (tertiary/aromatic N) is 1. The van der Waals surface area contributed by atoms with Gasteiger partial charge in [-0.1, -0.05) is 12.1 Å². The first kappa shape index (κ1) is 10.5. The predicted molar refractivity (Wildman–Crippen MR) is 65.3 cm³/mol. The summed E-state index contributed by atoms with van der Waals surface area (Å²) < 4.78 is 0. The second-order valence-corrected chi connectivity index (χ2v) is 4.85. The fourth-order valence-corrected chi connectivity index (χ4v) is 2.20. The highest BCUT2D eigenvalue weighted by molar-refractivity contribution is 5.47. The van der Waals surface area contributed by atoms with E-state index in [9.17, 15) is 0 Å². The maximum Gasteiger partial charge on any atom is 0.0361 e. The van der Waals surface area contributed by atoms with Gasteiger partial charge >= 0.3 is 0 Å². The topological polar surface area (TPSA) is 29.3 Å². The lowest BCUT2D eigenvalue weighted by Gasteiger charge is -2.12. The Morgan fingerprint density at radius 3 is 2.27 bits per heavy atom. The van der Waals surface area contributed by atoms with Crippen molar-refractivity contribution in [3.05, 3.63) is 29.8 Å². The van der Waals surface area contributed by atoms with E-state index in [2.05, 4.69) is 50.2 Å². The molecule has 1 saturated carbocycles. The van der Waals surface area contributed by atoms with Crippen molar-refractivity contribution in [2.45, 2.75) is 25.3 Å². The van der Waals surface area contributed by atoms with Gasteiger partial charge in [0, 0.05) is 25.8 Å². The molecule has 0 aromatic heterocycles. The molecule has 2 N–H and O–H groups in total. The first-order chi connectivity index (χ1) is 7.09. The molecule has 0 radical (unpaired) electrons. The van der Waals surface area contributed by atoms with Crippen molar-refractivity contribution in [2.75, 3.05) is 19.0 Å². The Bertz CT molecular complexity index is 327. The molecule has 0 saturated heterocycles. The van der Waals surface area contributed by atoms with Gasteiger partial charge in [0.25, 0.3) is 0 Å². The smallest absolute Gasteiger partial charge is 0.0361 e. The van der Waals surface area contributed by atoms with Crippen molar-refractivity contribution in [1.82, 2.24) is 0 Å². The first-order valence-corrected chi connectivity index (χ1v) is 5.62. The molecular weight excluding hydrogens is 184 g/mol. The molecule has 82 valence electrons. The van der Waals surface area contributed by atoms with Gasteiger partial charge in [-0.15, -0.1) is 0 Å². The molecule has 0 unspecified atom stereocenters. The molecule has 1 aliphatic rings. The number of hydrogen-bond acceptors (Lipinski definition) is 2. The normalized spacial score (nSPS) is 26.1. The van der Waals surface area contributed by atoms with Gasteiger partial charge in [0.15, 0.2) is 0 Å². The van der Waals surface area contributed by atoms with Crippen LogP contribution < -0.4 is 10.6 Å². The van der Waals surface area contributed by atoms with E-state index in [4.69, 9.17) is 5.73 Å². The van der Waals surface area contributed by atoms with Gasteiger partial charge in [-0.05, 0) is 42.9 Å². The third-order valence-electron chi connectivity index (χ3n) is 3.35. The van der Waals surface area contributed by atoms with Crippen LogP contribution in [0.4, 0.5) is 5.69 Å². The highest BCUT2D eigenvalue weighted by Gasteiger charge is 2.40. The molecule has 2 heteroatoms. The molecule has 0 aliphatic heterocycles. The fourth-order valence-electron chi connectivity index (χ4n) is 2.20. The monoisotopic (exact) mass is 204 g/mol. The zero-order chi connectivity index (χ0) is 11.0. The lowest BCUT2D eigenvalue weighted by molar-refractivity contribution is 0.631. The highest BCUT2D eigenvalue weighted by atomic mass is 15.1. The van der Waals surface area contributed by atoms with Crippen LogP contribution in [0.5, 0.6) is 0 Å². The summed E-state index contributed by atoms with van der Waals surface area (Å²) in [5.41, 5.74) is 8.60. The van der Waals surface area contributed by atoms with Crippen LogP contribution in [0.2, 0.25) is 0 Å². The van der Waals surface area contributed by atoms with Crippen molar-refractivity contribution in [3.8, 4) is 0 Å². The Labute approximate surface area is 92.1 Å². The quantitative estimate of drug-likeness (QED) is 0.818. The summed E-state index contributed by atoms with van der Waals surface area (Å²) in [5, 5.41) is 0.